The summed E-state index contributed by atoms with van der Waals surface area (Å²) in [6.45, 7) is 2.02. The Morgan fingerprint density at radius 2 is 1.84 bits per heavy atom. The second-order valence-electron chi connectivity index (χ2n) is 5.31. The number of anilines is 1. The van der Waals surface area contributed by atoms with Crippen molar-refractivity contribution in [1.82, 2.24) is 10.2 Å². The van der Waals surface area contributed by atoms with Crippen molar-refractivity contribution >= 4 is 22.4 Å². The molecule has 3 rings (SSSR count). The Balaban J connectivity index is 1.78. The number of ether oxygens (including phenoxy) is 2. The third-order valence-corrected chi connectivity index (χ3v) is 4.44. The second-order valence-corrected chi connectivity index (χ2v) is 6.28. The van der Waals surface area contributed by atoms with E-state index in [1.807, 2.05) is 31.2 Å². The lowest BCUT2D eigenvalue weighted by Gasteiger charge is -2.08. The fraction of sp³-hybridized carbons (Fsp3) is 0.167. The van der Waals surface area contributed by atoms with E-state index in [0.29, 0.717) is 22.2 Å². The number of rotatable bonds is 5. The summed E-state index contributed by atoms with van der Waals surface area (Å²) < 4.78 is 10.4. The van der Waals surface area contributed by atoms with Gasteiger partial charge in [-0.1, -0.05) is 35.1 Å². The van der Waals surface area contributed by atoms with Crippen molar-refractivity contribution in [3.8, 4) is 22.1 Å². The van der Waals surface area contributed by atoms with E-state index in [-0.39, 0.29) is 5.91 Å². The third kappa shape index (κ3) is 3.77. The van der Waals surface area contributed by atoms with Gasteiger partial charge in [-0.2, -0.15) is 0 Å². The number of nitrogens with one attached hydrogen (secondary N) is 1. The molecule has 6 nitrogen and oxygen atoms in total. The molecule has 0 aliphatic carbocycles. The molecule has 0 saturated heterocycles. The number of aromatic nitrogens is 2. The summed E-state index contributed by atoms with van der Waals surface area (Å²) in [4.78, 5) is 12.4. The van der Waals surface area contributed by atoms with E-state index < -0.39 is 0 Å². The molecule has 3 aromatic rings. The van der Waals surface area contributed by atoms with Crippen LogP contribution in [-0.4, -0.2) is 30.3 Å². The molecule has 2 aromatic carbocycles. The van der Waals surface area contributed by atoms with Crippen molar-refractivity contribution in [1.29, 1.82) is 0 Å². The lowest BCUT2D eigenvalue weighted by Crippen LogP contribution is -2.11. The Morgan fingerprint density at radius 1 is 1.04 bits per heavy atom. The van der Waals surface area contributed by atoms with Crippen LogP contribution >= 0.6 is 11.3 Å². The number of methoxy groups -OCH3 is 2. The normalized spacial score (nSPS) is 10.4. The summed E-state index contributed by atoms with van der Waals surface area (Å²) in [5, 5.41) is 12.1. The van der Waals surface area contributed by atoms with Crippen molar-refractivity contribution < 1.29 is 14.3 Å². The van der Waals surface area contributed by atoms with Gasteiger partial charge in [0.25, 0.3) is 5.91 Å². The van der Waals surface area contributed by atoms with Crippen LogP contribution < -0.4 is 14.8 Å². The highest BCUT2D eigenvalue weighted by Gasteiger charge is 2.14. The number of carbonyl (C=O) groups is 1. The number of hydrogen-bond donors (Lipinski definition) is 1. The van der Waals surface area contributed by atoms with E-state index in [9.17, 15) is 4.79 Å². The molecular weight excluding hydrogens is 338 g/mol. The van der Waals surface area contributed by atoms with Crippen LogP contribution in [0.5, 0.6) is 11.5 Å². The largest absolute Gasteiger partial charge is 0.493 e. The predicted molar refractivity (Wildman–Crippen MR) is 97.6 cm³/mol. The van der Waals surface area contributed by atoms with E-state index in [2.05, 4.69) is 15.5 Å². The van der Waals surface area contributed by atoms with Crippen molar-refractivity contribution in [3.05, 3.63) is 53.6 Å². The molecule has 0 aliphatic heterocycles. The van der Waals surface area contributed by atoms with Crippen LogP contribution in [0.1, 0.15) is 15.9 Å². The van der Waals surface area contributed by atoms with Gasteiger partial charge in [0.15, 0.2) is 11.5 Å². The molecule has 7 heteroatoms. The van der Waals surface area contributed by atoms with Crippen LogP contribution in [0.3, 0.4) is 0 Å². The fourth-order valence-corrected chi connectivity index (χ4v) is 3.05. The summed E-state index contributed by atoms with van der Waals surface area (Å²) in [7, 11) is 3.07. The first-order valence-corrected chi connectivity index (χ1v) is 8.36. The van der Waals surface area contributed by atoms with Crippen LogP contribution in [0.25, 0.3) is 10.6 Å². The molecule has 0 atom stereocenters. The third-order valence-electron chi connectivity index (χ3n) is 3.56. The van der Waals surface area contributed by atoms with E-state index in [0.717, 1.165) is 16.1 Å². The molecule has 0 fully saturated rings. The average Bonchev–Trinajstić information content (AvgIpc) is 3.09. The average molecular weight is 355 g/mol. The van der Waals surface area contributed by atoms with Crippen molar-refractivity contribution in [2.45, 2.75) is 6.92 Å². The zero-order valence-corrected chi connectivity index (χ0v) is 14.9. The van der Waals surface area contributed by atoms with Gasteiger partial charge < -0.3 is 9.47 Å². The maximum absolute atomic E-state index is 12.4. The maximum Gasteiger partial charge on any atom is 0.257 e. The van der Waals surface area contributed by atoms with E-state index >= 15 is 0 Å². The van der Waals surface area contributed by atoms with Gasteiger partial charge in [0.1, 0.15) is 5.01 Å². The summed E-state index contributed by atoms with van der Waals surface area (Å²) in [5.41, 5.74) is 2.57. The van der Waals surface area contributed by atoms with Crippen LogP contribution in [0.2, 0.25) is 0 Å². The highest BCUT2D eigenvalue weighted by Crippen LogP contribution is 2.29. The smallest absolute Gasteiger partial charge is 0.257 e. The number of benzene rings is 2. The van der Waals surface area contributed by atoms with Gasteiger partial charge >= 0.3 is 0 Å². The monoisotopic (exact) mass is 355 g/mol. The lowest BCUT2D eigenvalue weighted by molar-refractivity contribution is 0.102. The maximum atomic E-state index is 12.4. The zero-order valence-electron chi connectivity index (χ0n) is 14.1. The molecule has 0 aliphatic rings. The Kier molecular flexibility index (Phi) is 4.95. The molecule has 0 radical (unpaired) electrons. The van der Waals surface area contributed by atoms with E-state index in [1.54, 1.807) is 25.3 Å². The molecule has 0 unspecified atom stereocenters. The molecule has 1 aromatic heterocycles. The van der Waals surface area contributed by atoms with Crippen LogP contribution in [0.15, 0.2) is 42.5 Å². The van der Waals surface area contributed by atoms with Gasteiger partial charge in [0.2, 0.25) is 5.13 Å². The lowest BCUT2D eigenvalue weighted by atomic mass is 10.1. The van der Waals surface area contributed by atoms with Gasteiger partial charge in [0.05, 0.1) is 14.2 Å². The highest BCUT2D eigenvalue weighted by molar-refractivity contribution is 7.18. The minimum atomic E-state index is -0.284. The van der Waals surface area contributed by atoms with E-state index in [4.69, 9.17) is 9.47 Å². The first-order chi connectivity index (χ1) is 12.1. The number of amides is 1. The quantitative estimate of drug-likeness (QED) is 0.754. The topological polar surface area (TPSA) is 73.3 Å². The van der Waals surface area contributed by atoms with Crippen molar-refractivity contribution in [2.24, 2.45) is 0 Å². The van der Waals surface area contributed by atoms with Gasteiger partial charge in [0, 0.05) is 11.1 Å². The Labute approximate surface area is 149 Å². The molecule has 1 N–H and O–H groups in total. The molecule has 1 heterocycles. The Hall–Kier alpha value is -2.93. The molecule has 25 heavy (non-hydrogen) atoms. The Morgan fingerprint density at radius 3 is 2.56 bits per heavy atom. The highest BCUT2D eigenvalue weighted by atomic mass is 32.1. The SMILES string of the molecule is COc1ccc(C(=O)Nc2nnc(-c3cccc(C)c3)s2)cc1OC. The Bertz CT molecular complexity index is 908. The molecule has 0 saturated carbocycles. The van der Waals surface area contributed by atoms with Gasteiger partial charge in [-0.25, -0.2) is 0 Å². The summed E-state index contributed by atoms with van der Waals surface area (Å²) in [6, 6.07) is 13.0. The van der Waals surface area contributed by atoms with Gasteiger partial charge in [-0.3, -0.25) is 10.1 Å². The number of nitrogens with zero attached hydrogens (tertiary/aromatic N) is 2. The van der Waals surface area contributed by atoms with Gasteiger partial charge in [-0.05, 0) is 31.2 Å². The van der Waals surface area contributed by atoms with E-state index in [1.165, 1.54) is 18.4 Å². The molecule has 128 valence electrons. The van der Waals surface area contributed by atoms with Crippen molar-refractivity contribution in [3.63, 3.8) is 0 Å². The first kappa shape index (κ1) is 16.9. The fourth-order valence-electron chi connectivity index (χ4n) is 2.32. The standard InChI is InChI=1S/C18H17N3O3S/c1-11-5-4-6-13(9-11)17-20-21-18(25-17)19-16(22)12-7-8-14(23-2)15(10-12)24-3/h4-10H,1-3H3,(H,19,21,22). The number of carbonyl (C=O) groups excluding carboxylic acids is 1. The van der Waals surface area contributed by atoms with Crippen LogP contribution in [-0.2, 0) is 0 Å². The van der Waals surface area contributed by atoms with Crippen molar-refractivity contribution in [2.75, 3.05) is 19.5 Å². The molecule has 0 spiro atoms. The second kappa shape index (κ2) is 7.31. The summed E-state index contributed by atoms with van der Waals surface area (Å²) >= 11 is 1.33. The first-order valence-electron chi connectivity index (χ1n) is 7.54. The van der Waals surface area contributed by atoms with Crippen LogP contribution in [0.4, 0.5) is 5.13 Å². The summed E-state index contributed by atoms with van der Waals surface area (Å²) in [5.74, 6) is 0.775. The molecular formula is C18H17N3O3S. The minimum absolute atomic E-state index is 0.284. The number of aryl methyl sites for hydroxylation is 1. The molecule has 0 bridgehead atoms. The minimum Gasteiger partial charge on any atom is -0.493 e. The summed E-state index contributed by atoms with van der Waals surface area (Å²) in [6.07, 6.45) is 0. The zero-order chi connectivity index (χ0) is 17.8. The molecule has 1 amide bonds. The van der Waals surface area contributed by atoms with Gasteiger partial charge in [-0.15, -0.1) is 10.2 Å². The van der Waals surface area contributed by atoms with Crippen LogP contribution in [0, 0.1) is 6.92 Å². The predicted octanol–water partition coefficient (Wildman–Crippen LogP) is 3.78. The number of hydrogen-bond acceptors (Lipinski definition) is 6.